The summed E-state index contributed by atoms with van der Waals surface area (Å²) in [5.74, 6) is -4.69. The van der Waals surface area contributed by atoms with Crippen LogP contribution in [0.15, 0.2) is 60.7 Å². The summed E-state index contributed by atoms with van der Waals surface area (Å²) < 4.78 is 27.8. The maximum Gasteiger partial charge on any atom is 0.421 e. The maximum atomic E-state index is 14.0. The molecule has 0 unspecified atom stereocenters. The second kappa shape index (κ2) is 21.4. The zero-order valence-corrected chi connectivity index (χ0v) is 40.7. The lowest BCUT2D eigenvalue weighted by molar-refractivity contribution is -0.144. The van der Waals surface area contributed by atoms with Gasteiger partial charge in [0.2, 0.25) is 11.9 Å². The number of nitrogens with two attached hydrogens (primary N) is 2. The molecule has 0 aromatic heterocycles. The Morgan fingerprint density at radius 2 is 1.23 bits per heavy atom. The van der Waals surface area contributed by atoms with Crippen LogP contribution in [-0.4, -0.2) is 90.5 Å². The number of anilines is 2. The van der Waals surface area contributed by atoms with E-state index in [0.29, 0.717) is 32.5 Å². The third-order valence-electron chi connectivity index (χ3n) is 9.01. The third kappa shape index (κ3) is 15.6. The Hall–Kier alpha value is -6.96. The molecule has 0 saturated heterocycles. The summed E-state index contributed by atoms with van der Waals surface area (Å²) >= 11 is 0. The van der Waals surface area contributed by atoms with Crippen LogP contribution >= 0.6 is 0 Å². The van der Waals surface area contributed by atoms with Crippen molar-refractivity contribution in [3.8, 4) is 5.75 Å². The lowest BCUT2D eigenvalue weighted by Gasteiger charge is -2.32. The van der Waals surface area contributed by atoms with E-state index in [4.69, 9.17) is 46.0 Å². The normalized spacial score (nSPS) is 11.7. The van der Waals surface area contributed by atoms with Crippen LogP contribution in [0.4, 0.5) is 25.8 Å². The molecule has 0 aliphatic heterocycles. The van der Waals surface area contributed by atoms with Crippen LogP contribution in [0.2, 0.25) is 25.7 Å². The molecule has 0 atom stereocenters. The van der Waals surface area contributed by atoms with E-state index in [9.17, 15) is 33.9 Å². The fourth-order valence-corrected chi connectivity index (χ4v) is 6.99. The molecule has 19 nitrogen and oxygen atoms in total. The predicted octanol–water partition coefficient (Wildman–Crippen LogP) is 8.19. The van der Waals surface area contributed by atoms with Crippen molar-refractivity contribution in [1.29, 1.82) is 10.8 Å². The van der Waals surface area contributed by atoms with E-state index in [1.54, 1.807) is 53.7 Å². The van der Waals surface area contributed by atoms with Crippen molar-refractivity contribution in [2.24, 2.45) is 11.5 Å². The predicted molar refractivity (Wildman–Crippen MR) is 251 cm³/mol. The zero-order valence-electron chi connectivity index (χ0n) is 39.7. The lowest BCUT2D eigenvalue weighted by Crippen LogP contribution is -2.48. The van der Waals surface area contributed by atoms with Crippen LogP contribution in [0.3, 0.4) is 0 Å². The molecule has 66 heavy (non-hydrogen) atoms. The minimum Gasteiger partial charge on any atom is -0.478 e. The first-order valence-corrected chi connectivity index (χ1v) is 24.6. The van der Waals surface area contributed by atoms with Gasteiger partial charge in [0.1, 0.15) is 30.1 Å². The highest BCUT2D eigenvalue weighted by atomic mass is 28.3. The van der Waals surface area contributed by atoms with Crippen molar-refractivity contribution in [3.63, 3.8) is 0 Å². The number of carboxylic acids is 1. The van der Waals surface area contributed by atoms with Gasteiger partial charge >= 0.3 is 36.2 Å². The molecule has 0 spiro atoms. The monoisotopic (exact) mass is 933 g/mol. The number of rotatable bonds is 14. The number of guanidine groups is 2. The molecule has 3 rings (SSSR count). The Bertz CT molecular complexity index is 2330. The number of nitrogens with one attached hydrogen (secondary N) is 2. The second-order valence-corrected chi connectivity index (χ2v) is 25.1. The fraction of sp³-hybridized carbons (Fsp3) is 0.435. The molecule has 0 heterocycles. The molecular weight excluding hydrogens is 871 g/mol. The molecule has 0 bridgehead atoms. The van der Waals surface area contributed by atoms with Crippen LogP contribution in [0.1, 0.15) is 99.7 Å². The van der Waals surface area contributed by atoms with E-state index >= 15 is 0 Å². The SMILES string of the molecule is CC(C)(C)OC(=O)N(C(=N)N)c1cccc(C(=O)Oc2ccc(COC(=O)N(CC(=O)OCC[Si](C)(C)C)Cc3cccc(C(=O)O)c3C(C)(C)C)cc2)c1N(C(=N)N)C(=O)OC(C)(C)C. The van der Waals surface area contributed by atoms with E-state index in [2.05, 4.69) is 19.6 Å². The Kier molecular flexibility index (Phi) is 17.3. The lowest BCUT2D eigenvalue weighted by atomic mass is 9.80. The summed E-state index contributed by atoms with van der Waals surface area (Å²) in [6.45, 7) is 20.6. The maximum absolute atomic E-state index is 14.0. The topological polar surface area (TPSA) is 278 Å². The molecule has 3 aromatic rings. The number of hydrogen-bond acceptors (Lipinski definition) is 13. The molecule has 0 radical (unpaired) electrons. The van der Waals surface area contributed by atoms with Crippen molar-refractivity contribution < 1.29 is 57.6 Å². The molecule has 20 heteroatoms. The Morgan fingerprint density at radius 3 is 1.73 bits per heavy atom. The van der Waals surface area contributed by atoms with Crippen LogP contribution in [-0.2, 0) is 42.3 Å². The highest BCUT2D eigenvalue weighted by Crippen LogP contribution is 2.36. The van der Waals surface area contributed by atoms with Crippen molar-refractivity contribution in [2.75, 3.05) is 23.0 Å². The molecule has 0 aliphatic carbocycles. The van der Waals surface area contributed by atoms with Gasteiger partial charge in [-0.15, -0.1) is 0 Å². The van der Waals surface area contributed by atoms with Gasteiger partial charge in [-0.3, -0.25) is 20.5 Å². The van der Waals surface area contributed by atoms with Gasteiger partial charge in [-0.2, -0.15) is 0 Å². The average molecular weight is 934 g/mol. The Balaban J connectivity index is 1.97. The number of carboxylic acid groups (broad SMARTS) is 1. The molecule has 3 aromatic carbocycles. The van der Waals surface area contributed by atoms with Gasteiger partial charge in [0.05, 0.1) is 29.1 Å². The molecule has 358 valence electrons. The molecule has 0 aliphatic rings. The van der Waals surface area contributed by atoms with Gasteiger partial charge in [0.25, 0.3) is 0 Å². The highest BCUT2D eigenvalue weighted by Gasteiger charge is 2.37. The largest absolute Gasteiger partial charge is 0.478 e. The minimum absolute atomic E-state index is 0.0237. The van der Waals surface area contributed by atoms with E-state index in [1.165, 1.54) is 48.5 Å². The van der Waals surface area contributed by atoms with Gasteiger partial charge in [0.15, 0.2) is 0 Å². The van der Waals surface area contributed by atoms with E-state index < -0.39 is 90.6 Å². The molecule has 7 N–H and O–H groups in total. The van der Waals surface area contributed by atoms with E-state index in [-0.39, 0.29) is 36.8 Å². The van der Waals surface area contributed by atoms with Gasteiger partial charge in [0, 0.05) is 14.6 Å². The number of carbonyl (C=O) groups is 6. The van der Waals surface area contributed by atoms with Crippen molar-refractivity contribution >= 4 is 67.6 Å². The smallest absolute Gasteiger partial charge is 0.421 e. The van der Waals surface area contributed by atoms with Crippen LogP contribution in [0.25, 0.3) is 0 Å². The van der Waals surface area contributed by atoms with Crippen LogP contribution < -0.4 is 26.0 Å². The Labute approximate surface area is 386 Å². The second-order valence-electron chi connectivity index (χ2n) is 19.4. The number of ether oxygens (including phenoxy) is 5. The van der Waals surface area contributed by atoms with Crippen molar-refractivity contribution in [2.45, 2.75) is 118 Å². The van der Waals surface area contributed by atoms with Gasteiger partial charge in [-0.05, 0) is 100 Å². The number of para-hydroxylation sites is 1. The molecule has 3 amide bonds. The molecule has 0 fully saturated rings. The molecule has 0 saturated carbocycles. The first-order chi connectivity index (χ1) is 30.3. The summed E-state index contributed by atoms with van der Waals surface area (Å²) in [5.41, 5.74) is 9.22. The first-order valence-electron chi connectivity index (χ1n) is 20.9. The van der Waals surface area contributed by atoms with Crippen LogP contribution in [0.5, 0.6) is 5.75 Å². The quantitative estimate of drug-likeness (QED) is 0.0255. The van der Waals surface area contributed by atoms with Crippen molar-refractivity contribution in [3.05, 3.63) is 88.5 Å². The first kappa shape index (κ1) is 53.4. The van der Waals surface area contributed by atoms with E-state index in [0.717, 1.165) is 4.90 Å². The Morgan fingerprint density at radius 1 is 0.697 bits per heavy atom. The van der Waals surface area contributed by atoms with E-state index in [1.807, 2.05) is 20.8 Å². The van der Waals surface area contributed by atoms with Gasteiger partial charge < -0.3 is 40.3 Å². The number of hydrogen-bond donors (Lipinski definition) is 5. The zero-order chi connectivity index (χ0) is 50.1. The number of amides is 3. The molecular formula is C46H63N7O12Si. The number of esters is 2. The van der Waals surface area contributed by atoms with Crippen molar-refractivity contribution in [1.82, 2.24) is 4.90 Å². The standard InChI is InChI=1S/C46H63N7O12Si/c1-44(2,3)35-29(15-13-16-31(35)37(55)56)25-51(26-34(54)61-23-24-66(10,11)12)41(58)62-27-28-19-21-30(22-20-28)63-38(57)32-17-14-18-33(52(39(47)48)42(59)64-45(4,5)6)36(32)53(40(49)50)43(60)65-46(7,8)9/h13-22H,23-27H2,1-12H3,(H3,47,48)(H3,49,50)(H,55,56). The summed E-state index contributed by atoms with van der Waals surface area (Å²) in [4.78, 5) is 82.3. The van der Waals surface area contributed by atoms with Gasteiger partial charge in [-0.25, -0.2) is 33.8 Å². The highest BCUT2D eigenvalue weighted by molar-refractivity contribution is 6.76. The summed E-state index contributed by atoms with van der Waals surface area (Å²) in [6, 6.07) is 15.1. The minimum atomic E-state index is -1.54. The van der Waals surface area contributed by atoms with Crippen LogP contribution in [0, 0.1) is 10.8 Å². The summed E-state index contributed by atoms with van der Waals surface area (Å²) in [5, 5.41) is 26.6. The number of benzene rings is 3. The third-order valence-corrected chi connectivity index (χ3v) is 10.7. The van der Waals surface area contributed by atoms with Gasteiger partial charge in [-0.1, -0.05) is 70.7 Å². The average Bonchev–Trinajstić information content (AvgIpc) is 3.15. The fourth-order valence-electron chi connectivity index (χ4n) is 6.27. The number of nitrogens with zero attached hydrogens (tertiary/aromatic N) is 3. The number of aromatic carboxylic acids is 1. The summed E-state index contributed by atoms with van der Waals surface area (Å²) in [6.07, 6.45) is -3.23. The summed E-state index contributed by atoms with van der Waals surface area (Å²) in [7, 11) is -1.54. The number of carbonyl (C=O) groups excluding carboxylic acids is 5.